The summed E-state index contributed by atoms with van der Waals surface area (Å²) in [6.07, 6.45) is 6.85. The molecule has 2 nitrogen and oxygen atoms in total. The van der Waals surface area contributed by atoms with Gasteiger partial charge in [-0.25, -0.2) is 0 Å². The number of hydrogen-bond donors (Lipinski definition) is 1. The quantitative estimate of drug-likeness (QED) is 0.768. The lowest BCUT2D eigenvalue weighted by molar-refractivity contribution is 0.193. The summed E-state index contributed by atoms with van der Waals surface area (Å²) in [5, 5.41) is 9.95. The monoisotopic (exact) mass is 253 g/mol. The highest BCUT2D eigenvalue weighted by Gasteiger charge is 2.51. The lowest BCUT2D eigenvalue weighted by Crippen LogP contribution is -2.47. The van der Waals surface area contributed by atoms with Crippen molar-refractivity contribution < 1.29 is 5.11 Å². The van der Waals surface area contributed by atoms with Crippen molar-refractivity contribution in [1.82, 2.24) is 4.90 Å². The topological polar surface area (TPSA) is 23.5 Å². The molecule has 0 aromatic heterocycles. The molecule has 2 heteroatoms. The van der Waals surface area contributed by atoms with E-state index in [0.29, 0.717) is 11.8 Å². The first-order valence-electron chi connectivity index (χ1n) is 7.04. The van der Waals surface area contributed by atoms with Gasteiger partial charge in [0.15, 0.2) is 0 Å². The largest absolute Gasteiger partial charge is 0.508 e. The molecule has 3 unspecified atom stereocenters. The van der Waals surface area contributed by atoms with Gasteiger partial charge in [-0.1, -0.05) is 30.4 Å². The van der Waals surface area contributed by atoms with Gasteiger partial charge in [0.1, 0.15) is 5.75 Å². The van der Waals surface area contributed by atoms with Crippen LogP contribution in [0.3, 0.4) is 0 Å². The predicted octanol–water partition coefficient (Wildman–Crippen LogP) is 3.04. The Morgan fingerprint density at radius 2 is 2.26 bits per heavy atom. The van der Waals surface area contributed by atoms with Crippen LogP contribution in [-0.4, -0.2) is 22.6 Å². The van der Waals surface area contributed by atoms with Crippen LogP contribution in [0, 0.1) is 6.92 Å². The molecule has 1 fully saturated rings. The normalized spacial score (nSPS) is 35.1. The maximum Gasteiger partial charge on any atom is 0.118 e. The van der Waals surface area contributed by atoms with Crippen LogP contribution >= 0.6 is 0 Å². The second-order valence-corrected chi connectivity index (χ2v) is 6.27. The molecular formula is C17H19NO. The number of aryl methyl sites for hydroxylation is 1. The van der Waals surface area contributed by atoms with Crippen molar-refractivity contribution in [1.29, 1.82) is 0 Å². The molecule has 4 rings (SSSR count). The van der Waals surface area contributed by atoms with Gasteiger partial charge < -0.3 is 5.11 Å². The molecule has 0 amide bonds. The Labute approximate surface area is 114 Å². The fraction of sp³-hybridized carbons (Fsp3) is 0.412. The van der Waals surface area contributed by atoms with Crippen LogP contribution in [-0.2, 0) is 12.0 Å². The SMILES string of the molecule is C=C1C=CC23CCN(Cc4cc(O)c(C)cc42)C3C1. The van der Waals surface area contributed by atoms with Crippen LogP contribution < -0.4 is 0 Å². The highest BCUT2D eigenvalue weighted by molar-refractivity contribution is 5.52. The van der Waals surface area contributed by atoms with Crippen molar-refractivity contribution in [2.24, 2.45) is 0 Å². The molecule has 1 saturated heterocycles. The van der Waals surface area contributed by atoms with Gasteiger partial charge in [-0.05, 0) is 42.5 Å². The fourth-order valence-electron chi connectivity index (χ4n) is 4.18. The van der Waals surface area contributed by atoms with E-state index in [9.17, 15) is 5.11 Å². The number of phenolic OH excluding ortho intramolecular Hbond substituents is 1. The Morgan fingerprint density at radius 3 is 3.11 bits per heavy atom. The number of aromatic hydroxyl groups is 1. The van der Waals surface area contributed by atoms with Gasteiger partial charge in [0.05, 0.1) is 0 Å². The highest BCUT2D eigenvalue weighted by Crippen LogP contribution is 2.52. The van der Waals surface area contributed by atoms with Gasteiger partial charge in [-0.2, -0.15) is 0 Å². The van der Waals surface area contributed by atoms with E-state index in [-0.39, 0.29) is 5.41 Å². The molecule has 0 saturated carbocycles. The van der Waals surface area contributed by atoms with Crippen molar-refractivity contribution in [3.05, 3.63) is 53.1 Å². The van der Waals surface area contributed by atoms with E-state index in [1.165, 1.54) is 23.1 Å². The Kier molecular flexibility index (Phi) is 2.09. The van der Waals surface area contributed by atoms with Gasteiger partial charge in [-0.3, -0.25) is 4.90 Å². The second-order valence-electron chi connectivity index (χ2n) is 6.27. The number of benzene rings is 1. The molecule has 0 radical (unpaired) electrons. The van der Waals surface area contributed by atoms with Crippen LogP contribution in [0.4, 0.5) is 0 Å². The highest BCUT2D eigenvalue weighted by atomic mass is 16.3. The summed E-state index contributed by atoms with van der Waals surface area (Å²) >= 11 is 0. The molecule has 0 spiro atoms. The lowest BCUT2D eigenvalue weighted by atomic mass is 9.66. The predicted molar refractivity (Wildman–Crippen MR) is 76.2 cm³/mol. The van der Waals surface area contributed by atoms with Gasteiger partial charge in [0.25, 0.3) is 0 Å². The Balaban J connectivity index is 1.97. The molecule has 2 bridgehead atoms. The van der Waals surface area contributed by atoms with Gasteiger partial charge >= 0.3 is 0 Å². The van der Waals surface area contributed by atoms with Gasteiger partial charge in [-0.15, -0.1) is 0 Å². The minimum absolute atomic E-state index is 0.160. The number of phenols is 1. The van der Waals surface area contributed by atoms with E-state index in [2.05, 4.69) is 29.7 Å². The molecular weight excluding hydrogens is 234 g/mol. The third-order valence-electron chi connectivity index (χ3n) is 5.22. The van der Waals surface area contributed by atoms with E-state index in [0.717, 1.165) is 25.1 Å². The molecule has 2 heterocycles. The summed E-state index contributed by atoms with van der Waals surface area (Å²) in [6, 6.07) is 4.75. The van der Waals surface area contributed by atoms with E-state index in [4.69, 9.17) is 0 Å². The zero-order valence-corrected chi connectivity index (χ0v) is 11.3. The zero-order chi connectivity index (χ0) is 13.2. The summed E-state index contributed by atoms with van der Waals surface area (Å²) < 4.78 is 0. The van der Waals surface area contributed by atoms with Gasteiger partial charge in [0.2, 0.25) is 0 Å². The molecule has 2 aliphatic heterocycles. The number of fused-ring (bicyclic) bond motifs is 1. The summed E-state index contributed by atoms with van der Waals surface area (Å²) in [5.74, 6) is 0.429. The third-order valence-corrected chi connectivity index (χ3v) is 5.22. The average Bonchev–Trinajstić information content (AvgIpc) is 2.65. The van der Waals surface area contributed by atoms with Crippen LogP contribution in [0.15, 0.2) is 36.4 Å². The average molecular weight is 253 g/mol. The zero-order valence-electron chi connectivity index (χ0n) is 11.3. The Hall–Kier alpha value is -1.54. The first-order valence-corrected chi connectivity index (χ1v) is 7.04. The number of rotatable bonds is 0. The summed E-state index contributed by atoms with van der Waals surface area (Å²) in [5.41, 5.74) is 5.13. The molecule has 1 aliphatic carbocycles. The molecule has 98 valence electrons. The van der Waals surface area contributed by atoms with Crippen LogP contribution in [0.5, 0.6) is 5.75 Å². The van der Waals surface area contributed by atoms with Crippen LogP contribution in [0.25, 0.3) is 0 Å². The van der Waals surface area contributed by atoms with Crippen molar-refractivity contribution in [3.63, 3.8) is 0 Å². The summed E-state index contributed by atoms with van der Waals surface area (Å²) in [7, 11) is 0. The Morgan fingerprint density at radius 1 is 1.42 bits per heavy atom. The van der Waals surface area contributed by atoms with Crippen molar-refractivity contribution in [2.75, 3.05) is 6.54 Å². The smallest absolute Gasteiger partial charge is 0.118 e. The van der Waals surface area contributed by atoms with E-state index >= 15 is 0 Å². The van der Waals surface area contributed by atoms with E-state index in [1.54, 1.807) is 0 Å². The van der Waals surface area contributed by atoms with E-state index in [1.807, 2.05) is 13.0 Å². The number of nitrogens with zero attached hydrogens (tertiary/aromatic N) is 1. The summed E-state index contributed by atoms with van der Waals surface area (Å²) in [6.45, 7) is 8.25. The number of allylic oxidation sites excluding steroid dienone is 1. The first kappa shape index (κ1) is 11.3. The maximum absolute atomic E-state index is 9.95. The van der Waals surface area contributed by atoms with E-state index < -0.39 is 0 Å². The second kappa shape index (κ2) is 3.51. The summed E-state index contributed by atoms with van der Waals surface area (Å²) in [4.78, 5) is 2.56. The molecule has 1 aromatic carbocycles. The van der Waals surface area contributed by atoms with Crippen LogP contribution in [0.1, 0.15) is 29.5 Å². The number of hydrogen-bond acceptors (Lipinski definition) is 2. The fourth-order valence-corrected chi connectivity index (χ4v) is 4.18. The van der Waals surface area contributed by atoms with Crippen molar-refractivity contribution in [2.45, 2.75) is 37.8 Å². The molecule has 19 heavy (non-hydrogen) atoms. The minimum Gasteiger partial charge on any atom is -0.508 e. The molecule has 1 aromatic rings. The Bertz CT molecular complexity index is 616. The standard InChI is InChI=1S/C17H19NO/c1-11-3-4-17-5-6-18(16(17)7-11)10-13-9-15(19)12(2)8-14(13)17/h3-4,8-9,16,19H,1,5-7,10H2,2H3. The first-order chi connectivity index (χ1) is 9.10. The molecule has 3 aliphatic rings. The molecule has 1 N–H and O–H groups in total. The van der Waals surface area contributed by atoms with Crippen molar-refractivity contribution >= 4 is 0 Å². The van der Waals surface area contributed by atoms with Crippen molar-refractivity contribution in [3.8, 4) is 5.75 Å². The third kappa shape index (κ3) is 1.35. The minimum atomic E-state index is 0.160. The maximum atomic E-state index is 9.95. The lowest BCUT2D eigenvalue weighted by Gasteiger charge is -2.45. The van der Waals surface area contributed by atoms with Crippen LogP contribution in [0.2, 0.25) is 0 Å². The van der Waals surface area contributed by atoms with Gasteiger partial charge in [0, 0.05) is 24.5 Å². The molecule has 3 atom stereocenters.